The van der Waals surface area contributed by atoms with Crippen LogP contribution in [0.2, 0.25) is 0 Å². The Morgan fingerprint density at radius 3 is 2.93 bits per heavy atom. The smallest absolute Gasteiger partial charge is 0.316 e. The first-order valence-corrected chi connectivity index (χ1v) is 5.60. The molecule has 15 heavy (non-hydrogen) atoms. The quantitative estimate of drug-likeness (QED) is 0.302. The van der Waals surface area contributed by atoms with Crippen LogP contribution < -0.4 is 0 Å². The van der Waals surface area contributed by atoms with Gasteiger partial charge in [-0.2, -0.15) is 0 Å². The molecule has 0 saturated heterocycles. The van der Waals surface area contributed by atoms with Crippen molar-refractivity contribution >= 4 is 11.8 Å². The molecule has 0 radical (unpaired) electrons. The second kappa shape index (κ2) is 6.38. The van der Waals surface area contributed by atoms with Crippen LogP contribution in [0.5, 0.6) is 0 Å². The highest BCUT2D eigenvalue weighted by molar-refractivity contribution is 6.00. The van der Waals surface area contributed by atoms with Crippen molar-refractivity contribution in [3.63, 3.8) is 0 Å². The maximum absolute atomic E-state index is 11.4. The van der Waals surface area contributed by atoms with Crippen molar-refractivity contribution in [2.24, 2.45) is 5.92 Å². The lowest BCUT2D eigenvalue weighted by Gasteiger charge is -2.07. The SMILES string of the molecule is CCC=CCCOC(=O)C1CCCC1=O. The molecule has 0 N–H and O–H groups in total. The van der Waals surface area contributed by atoms with E-state index in [-0.39, 0.29) is 11.8 Å². The fraction of sp³-hybridized carbons (Fsp3) is 0.667. The van der Waals surface area contributed by atoms with Crippen LogP contribution >= 0.6 is 0 Å². The molecule has 1 atom stereocenters. The number of ether oxygens (including phenoxy) is 1. The van der Waals surface area contributed by atoms with E-state index in [1.54, 1.807) is 0 Å². The van der Waals surface area contributed by atoms with E-state index in [9.17, 15) is 9.59 Å². The molecular weight excluding hydrogens is 192 g/mol. The number of Topliss-reactive ketones (excluding diaryl/α,β-unsaturated/α-hetero) is 1. The summed E-state index contributed by atoms with van der Waals surface area (Å²) in [6.45, 7) is 2.44. The van der Waals surface area contributed by atoms with Gasteiger partial charge >= 0.3 is 5.97 Å². The molecule has 3 nitrogen and oxygen atoms in total. The van der Waals surface area contributed by atoms with Crippen LogP contribution in [0.1, 0.15) is 39.0 Å². The molecule has 0 aromatic rings. The van der Waals surface area contributed by atoms with Crippen molar-refractivity contribution in [2.75, 3.05) is 6.61 Å². The number of hydrogen-bond donors (Lipinski definition) is 0. The summed E-state index contributed by atoms with van der Waals surface area (Å²) in [4.78, 5) is 22.7. The van der Waals surface area contributed by atoms with E-state index in [0.717, 1.165) is 19.3 Å². The fourth-order valence-electron chi connectivity index (χ4n) is 1.68. The predicted molar refractivity (Wildman–Crippen MR) is 57.4 cm³/mol. The van der Waals surface area contributed by atoms with E-state index < -0.39 is 5.92 Å². The van der Waals surface area contributed by atoms with Crippen LogP contribution in [-0.2, 0) is 14.3 Å². The lowest BCUT2D eigenvalue weighted by molar-refractivity contribution is -0.150. The highest BCUT2D eigenvalue weighted by Crippen LogP contribution is 2.22. The maximum Gasteiger partial charge on any atom is 0.316 e. The predicted octanol–water partition coefficient (Wildman–Crippen LogP) is 2.26. The molecule has 0 amide bonds. The van der Waals surface area contributed by atoms with Crippen LogP contribution in [0, 0.1) is 5.92 Å². The van der Waals surface area contributed by atoms with Gasteiger partial charge in [0.1, 0.15) is 11.7 Å². The topological polar surface area (TPSA) is 43.4 Å². The van der Waals surface area contributed by atoms with Gasteiger partial charge in [-0.1, -0.05) is 19.1 Å². The maximum atomic E-state index is 11.4. The number of ketones is 1. The molecule has 84 valence electrons. The number of allylic oxidation sites excluding steroid dienone is 1. The fourth-order valence-corrected chi connectivity index (χ4v) is 1.68. The van der Waals surface area contributed by atoms with Gasteiger partial charge in [0.2, 0.25) is 0 Å². The van der Waals surface area contributed by atoms with Gasteiger partial charge in [-0.15, -0.1) is 0 Å². The average Bonchev–Trinajstić information content (AvgIpc) is 2.64. The van der Waals surface area contributed by atoms with Crippen LogP contribution in [0.25, 0.3) is 0 Å². The molecule has 1 fully saturated rings. The standard InChI is InChI=1S/C12H18O3/c1-2-3-4-5-9-15-12(14)10-7-6-8-11(10)13/h3-4,10H,2,5-9H2,1H3. The van der Waals surface area contributed by atoms with E-state index >= 15 is 0 Å². The minimum atomic E-state index is -0.472. The lowest BCUT2D eigenvalue weighted by Crippen LogP contribution is -2.21. The third-order valence-electron chi connectivity index (χ3n) is 2.52. The zero-order valence-electron chi connectivity index (χ0n) is 9.20. The van der Waals surface area contributed by atoms with E-state index in [2.05, 4.69) is 6.92 Å². The van der Waals surface area contributed by atoms with Crippen molar-refractivity contribution in [1.29, 1.82) is 0 Å². The third kappa shape index (κ3) is 3.86. The van der Waals surface area contributed by atoms with Gasteiger partial charge < -0.3 is 4.74 Å². The highest BCUT2D eigenvalue weighted by atomic mass is 16.5. The monoisotopic (exact) mass is 210 g/mol. The molecule has 1 unspecified atom stereocenters. The van der Waals surface area contributed by atoms with Gasteiger partial charge in [-0.3, -0.25) is 9.59 Å². The average molecular weight is 210 g/mol. The molecular formula is C12H18O3. The Bertz CT molecular complexity index is 256. The summed E-state index contributed by atoms with van der Waals surface area (Å²) in [5.41, 5.74) is 0. The second-order valence-corrected chi connectivity index (χ2v) is 3.75. The van der Waals surface area contributed by atoms with Gasteiger partial charge in [0.05, 0.1) is 6.61 Å². The molecule has 0 spiro atoms. The van der Waals surface area contributed by atoms with E-state index in [0.29, 0.717) is 19.4 Å². The van der Waals surface area contributed by atoms with Gasteiger partial charge in [0, 0.05) is 6.42 Å². The molecule has 3 heteroatoms. The largest absolute Gasteiger partial charge is 0.465 e. The summed E-state index contributed by atoms with van der Waals surface area (Å²) in [5, 5.41) is 0. The molecule has 1 saturated carbocycles. The van der Waals surface area contributed by atoms with Crippen molar-refractivity contribution in [2.45, 2.75) is 39.0 Å². The number of carbonyl (C=O) groups is 2. The molecule has 0 heterocycles. The summed E-state index contributed by atoms with van der Waals surface area (Å²) in [6.07, 6.45) is 7.79. The zero-order chi connectivity index (χ0) is 11.1. The van der Waals surface area contributed by atoms with E-state index in [4.69, 9.17) is 4.74 Å². The number of rotatable bonds is 5. The molecule has 0 aromatic carbocycles. The zero-order valence-corrected chi connectivity index (χ0v) is 9.20. The molecule has 1 aliphatic carbocycles. The first-order valence-electron chi connectivity index (χ1n) is 5.60. The summed E-state index contributed by atoms with van der Waals surface area (Å²) >= 11 is 0. The van der Waals surface area contributed by atoms with Crippen LogP contribution in [-0.4, -0.2) is 18.4 Å². The Morgan fingerprint density at radius 2 is 2.33 bits per heavy atom. The lowest BCUT2D eigenvalue weighted by atomic mass is 10.1. The van der Waals surface area contributed by atoms with E-state index in [1.165, 1.54) is 0 Å². The van der Waals surface area contributed by atoms with Gasteiger partial charge in [-0.25, -0.2) is 0 Å². The van der Waals surface area contributed by atoms with Crippen LogP contribution in [0.4, 0.5) is 0 Å². The molecule has 0 bridgehead atoms. The minimum Gasteiger partial charge on any atom is -0.465 e. The normalized spacial score (nSPS) is 21.1. The number of carbonyl (C=O) groups excluding carboxylic acids is 2. The Labute approximate surface area is 90.5 Å². The van der Waals surface area contributed by atoms with Crippen molar-refractivity contribution in [1.82, 2.24) is 0 Å². The number of hydrogen-bond acceptors (Lipinski definition) is 3. The van der Waals surface area contributed by atoms with Crippen molar-refractivity contribution in [3.8, 4) is 0 Å². The summed E-state index contributed by atoms with van der Waals surface area (Å²) in [5.74, 6) is -0.758. The molecule has 0 aliphatic heterocycles. The van der Waals surface area contributed by atoms with Crippen LogP contribution in [0.3, 0.4) is 0 Å². The minimum absolute atomic E-state index is 0.0455. The summed E-state index contributed by atoms with van der Waals surface area (Å²) < 4.78 is 5.03. The van der Waals surface area contributed by atoms with Crippen molar-refractivity contribution < 1.29 is 14.3 Å². The van der Waals surface area contributed by atoms with Crippen molar-refractivity contribution in [3.05, 3.63) is 12.2 Å². The number of esters is 1. The molecule has 1 rings (SSSR count). The summed E-state index contributed by atoms with van der Waals surface area (Å²) in [7, 11) is 0. The molecule has 0 aromatic heterocycles. The summed E-state index contributed by atoms with van der Waals surface area (Å²) in [6, 6.07) is 0. The Balaban J connectivity index is 2.18. The first kappa shape index (κ1) is 12.0. The van der Waals surface area contributed by atoms with Gasteiger partial charge in [0.15, 0.2) is 0 Å². The Kier molecular flexibility index (Phi) is 5.08. The third-order valence-corrected chi connectivity index (χ3v) is 2.52. The Hall–Kier alpha value is -1.12. The molecule has 1 aliphatic rings. The van der Waals surface area contributed by atoms with E-state index in [1.807, 2.05) is 12.2 Å². The Morgan fingerprint density at radius 1 is 1.53 bits per heavy atom. The van der Waals surface area contributed by atoms with Gasteiger partial charge in [-0.05, 0) is 25.7 Å². The highest BCUT2D eigenvalue weighted by Gasteiger charge is 2.31. The second-order valence-electron chi connectivity index (χ2n) is 3.75. The first-order chi connectivity index (χ1) is 7.25. The van der Waals surface area contributed by atoms with Crippen LogP contribution in [0.15, 0.2) is 12.2 Å². The van der Waals surface area contributed by atoms with Gasteiger partial charge in [0.25, 0.3) is 0 Å².